The fourth-order valence-corrected chi connectivity index (χ4v) is 4.66. The highest BCUT2D eigenvalue weighted by atomic mass is 16.4. The van der Waals surface area contributed by atoms with E-state index in [4.69, 9.17) is 0 Å². The first-order valence-electron chi connectivity index (χ1n) is 12.1. The number of benzene rings is 2. The summed E-state index contributed by atoms with van der Waals surface area (Å²) in [7, 11) is -1.72. The van der Waals surface area contributed by atoms with E-state index in [2.05, 4.69) is 10.6 Å². The third-order valence-corrected chi connectivity index (χ3v) is 6.77. The van der Waals surface area contributed by atoms with Crippen molar-refractivity contribution in [2.75, 3.05) is 6.54 Å². The van der Waals surface area contributed by atoms with Crippen LogP contribution >= 0.6 is 0 Å². The largest absolute Gasteiger partial charge is 0.475 e. The molecule has 35 heavy (non-hydrogen) atoms. The molecule has 0 spiro atoms. The van der Waals surface area contributed by atoms with E-state index in [1.165, 1.54) is 4.90 Å². The molecule has 3 atom stereocenters. The van der Waals surface area contributed by atoms with E-state index in [1.54, 1.807) is 55.5 Å². The van der Waals surface area contributed by atoms with Gasteiger partial charge in [0.1, 0.15) is 11.6 Å². The Morgan fingerprint density at radius 1 is 1.06 bits per heavy atom. The van der Waals surface area contributed by atoms with Gasteiger partial charge in [-0.1, -0.05) is 69.3 Å². The average molecular weight is 479 g/mol. The van der Waals surface area contributed by atoms with Crippen molar-refractivity contribution >= 4 is 24.8 Å². The first-order valence-corrected chi connectivity index (χ1v) is 12.1. The van der Waals surface area contributed by atoms with E-state index >= 15 is 0 Å². The van der Waals surface area contributed by atoms with Crippen LogP contribution in [0.5, 0.6) is 0 Å². The number of nitrogens with one attached hydrogen (secondary N) is 2. The van der Waals surface area contributed by atoms with Crippen molar-refractivity contribution in [2.24, 2.45) is 5.92 Å². The molecule has 1 aliphatic rings. The van der Waals surface area contributed by atoms with E-state index < -0.39 is 30.5 Å². The number of piperidine rings is 1. The highest BCUT2D eigenvalue weighted by molar-refractivity contribution is 6.43. The smallest absolute Gasteiger partial charge is 0.426 e. The molecule has 8 nitrogen and oxygen atoms in total. The van der Waals surface area contributed by atoms with Gasteiger partial charge in [-0.05, 0) is 42.9 Å². The van der Waals surface area contributed by atoms with Crippen molar-refractivity contribution in [3.8, 4) is 0 Å². The van der Waals surface area contributed by atoms with Crippen molar-refractivity contribution in [2.45, 2.75) is 57.6 Å². The van der Waals surface area contributed by atoms with Crippen LogP contribution in [-0.4, -0.2) is 57.8 Å². The number of hydrogen-bond donors (Lipinski definition) is 4. The summed E-state index contributed by atoms with van der Waals surface area (Å²) >= 11 is 0. The zero-order chi connectivity index (χ0) is 25.6. The zero-order valence-corrected chi connectivity index (χ0v) is 20.5. The predicted molar refractivity (Wildman–Crippen MR) is 134 cm³/mol. The zero-order valence-electron chi connectivity index (χ0n) is 20.5. The summed E-state index contributed by atoms with van der Waals surface area (Å²) in [6, 6.07) is 16.7. The summed E-state index contributed by atoms with van der Waals surface area (Å²) in [5, 5.41) is 25.0. The minimum atomic E-state index is -1.72. The van der Waals surface area contributed by atoms with E-state index in [1.807, 2.05) is 26.0 Å². The Bertz CT molecular complexity index is 1020. The molecule has 0 radical (unpaired) electrons. The monoisotopic (exact) mass is 479 g/mol. The first kappa shape index (κ1) is 26.4. The quantitative estimate of drug-likeness (QED) is 0.411. The standard InChI is InChI=1S/C26H34BN3O5/c1-4-21(27(34)35)28-24(32)22(19-12-7-5-8-13-19)30-17-11-16-26(18(2)3,25(30)33)29-23(31)20-14-9-6-10-15-20/h5-10,12-15,18,21-22,34-35H,4,11,16-17H2,1-3H3,(H,28,32)(H,29,31). The number of amides is 3. The van der Waals surface area contributed by atoms with Crippen LogP contribution in [0.15, 0.2) is 60.7 Å². The summed E-state index contributed by atoms with van der Waals surface area (Å²) in [5.41, 5.74) is -0.119. The van der Waals surface area contributed by atoms with Crippen LogP contribution in [-0.2, 0) is 9.59 Å². The molecule has 4 N–H and O–H groups in total. The third-order valence-electron chi connectivity index (χ3n) is 6.77. The topological polar surface area (TPSA) is 119 Å². The molecular weight excluding hydrogens is 445 g/mol. The van der Waals surface area contributed by atoms with Crippen molar-refractivity contribution in [1.82, 2.24) is 15.5 Å². The molecule has 0 aromatic heterocycles. The second-order valence-electron chi connectivity index (χ2n) is 9.30. The Hall–Kier alpha value is -3.17. The van der Waals surface area contributed by atoms with E-state index in [0.29, 0.717) is 36.9 Å². The highest BCUT2D eigenvalue weighted by Crippen LogP contribution is 2.35. The SMILES string of the molecule is CCC(NC(=O)C(c1ccccc1)N1CCCC(NC(=O)c2ccccc2)(C(C)C)C1=O)B(O)O. The number of likely N-dealkylation sites (tertiary alicyclic amines) is 1. The summed E-state index contributed by atoms with van der Waals surface area (Å²) in [5.74, 6) is -2.28. The number of rotatable bonds is 9. The molecule has 3 amide bonds. The Morgan fingerprint density at radius 2 is 1.66 bits per heavy atom. The van der Waals surface area contributed by atoms with Gasteiger partial charge in [-0.2, -0.15) is 0 Å². The lowest BCUT2D eigenvalue weighted by molar-refractivity contribution is -0.151. The fourth-order valence-electron chi connectivity index (χ4n) is 4.66. The molecule has 2 aromatic rings. The molecule has 0 aliphatic carbocycles. The number of nitrogens with zero attached hydrogens (tertiary/aromatic N) is 1. The van der Waals surface area contributed by atoms with Gasteiger partial charge in [0.05, 0.1) is 5.94 Å². The van der Waals surface area contributed by atoms with Gasteiger partial charge in [-0.3, -0.25) is 14.4 Å². The highest BCUT2D eigenvalue weighted by Gasteiger charge is 2.50. The maximum absolute atomic E-state index is 14.1. The van der Waals surface area contributed by atoms with Gasteiger partial charge >= 0.3 is 7.12 Å². The Labute approximate surface area is 206 Å². The molecule has 3 unspecified atom stereocenters. The Morgan fingerprint density at radius 3 is 2.20 bits per heavy atom. The Kier molecular flexibility index (Phi) is 8.69. The van der Waals surface area contributed by atoms with Crippen molar-refractivity contribution < 1.29 is 24.4 Å². The molecule has 0 saturated carbocycles. The lowest BCUT2D eigenvalue weighted by Gasteiger charge is -2.47. The van der Waals surface area contributed by atoms with Crippen LogP contribution in [0.1, 0.15) is 62.0 Å². The van der Waals surface area contributed by atoms with Gasteiger partial charge in [0.15, 0.2) is 0 Å². The van der Waals surface area contributed by atoms with Crippen LogP contribution in [0.4, 0.5) is 0 Å². The van der Waals surface area contributed by atoms with Crippen LogP contribution in [0.25, 0.3) is 0 Å². The maximum atomic E-state index is 14.1. The summed E-state index contributed by atoms with van der Waals surface area (Å²) in [6.45, 7) is 5.84. The predicted octanol–water partition coefficient (Wildman–Crippen LogP) is 2.08. The molecule has 1 fully saturated rings. The summed E-state index contributed by atoms with van der Waals surface area (Å²) < 4.78 is 0. The number of carbonyl (C=O) groups is 3. The van der Waals surface area contributed by atoms with Gasteiger partial charge in [0, 0.05) is 12.1 Å². The summed E-state index contributed by atoms with van der Waals surface area (Å²) in [4.78, 5) is 42.2. The molecule has 1 heterocycles. The Balaban J connectivity index is 1.98. The summed E-state index contributed by atoms with van der Waals surface area (Å²) in [6.07, 6.45) is 1.35. The lowest BCUT2D eigenvalue weighted by Crippen LogP contribution is -2.66. The third kappa shape index (κ3) is 5.74. The molecule has 1 aliphatic heterocycles. The molecule has 0 bridgehead atoms. The van der Waals surface area contributed by atoms with Gasteiger partial charge in [-0.25, -0.2) is 0 Å². The van der Waals surface area contributed by atoms with Crippen LogP contribution in [0.3, 0.4) is 0 Å². The van der Waals surface area contributed by atoms with Gasteiger partial charge in [0.25, 0.3) is 5.91 Å². The second kappa shape index (κ2) is 11.5. The normalized spacial score (nSPS) is 19.7. The fraction of sp³-hybridized carbons (Fsp3) is 0.423. The molecule has 3 rings (SSSR count). The molecule has 186 valence electrons. The van der Waals surface area contributed by atoms with Crippen LogP contribution in [0.2, 0.25) is 0 Å². The minimum absolute atomic E-state index is 0.229. The molecule has 2 aromatic carbocycles. The van der Waals surface area contributed by atoms with Crippen molar-refractivity contribution in [1.29, 1.82) is 0 Å². The van der Waals surface area contributed by atoms with E-state index in [9.17, 15) is 24.4 Å². The lowest BCUT2D eigenvalue weighted by atomic mass is 9.76. The van der Waals surface area contributed by atoms with Crippen molar-refractivity contribution in [3.05, 3.63) is 71.8 Å². The molecular formula is C26H34BN3O5. The van der Waals surface area contributed by atoms with E-state index in [-0.39, 0.29) is 17.7 Å². The number of hydrogen-bond acceptors (Lipinski definition) is 5. The molecule has 1 saturated heterocycles. The van der Waals surface area contributed by atoms with Crippen molar-refractivity contribution in [3.63, 3.8) is 0 Å². The van der Waals surface area contributed by atoms with Gasteiger partial charge in [-0.15, -0.1) is 0 Å². The maximum Gasteiger partial charge on any atom is 0.475 e. The minimum Gasteiger partial charge on any atom is -0.426 e. The van der Waals surface area contributed by atoms with Gasteiger partial charge in [0.2, 0.25) is 11.8 Å². The first-order chi connectivity index (χ1) is 16.7. The van der Waals surface area contributed by atoms with E-state index in [0.717, 1.165) is 0 Å². The molecule has 9 heteroatoms. The van der Waals surface area contributed by atoms with Crippen LogP contribution in [0, 0.1) is 5.92 Å². The average Bonchev–Trinajstić information content (AvgIpc) is 2.85. The van der Waals surface area contributed by atoms with Gasteiger partial charge < -0.3 is 25.6 Å². The van der Waals surface area contributed by atoms with Crippen LogP contribution < -0.4 is 10.6 Å². The second-order valence-corrected chi connectivity index (χ2v) is 9.30. The number of carbonyl (C=O) groups excluding carboxylic acids is 3.